The van der Waals surface area contributed by atoms with Crippen molar-refractivity contribution in [3.05, 3.63) is 24.2 Å². The van der Waals surface area contributed by atoms with E-state index in [1.165, 1.54) is 18.9 Å². The summed E-state index contributed by atoms with van der Waals surface area (Å²) in [7, 11) is 0. The second-order valence-electron chi connectivity index (χ2n) is 7.93. The van der Waals surface area contributed by atoms with Crippen LogP contribution in [-0.2, 0) is 4.79 Å². The molecule has 0 spiro atoms. The number of nitrogens with zero attached hydrogens (tertiary/aromatic N) is 3. The standard InChI is InChI=1S/C20H31N3O3/c1-16(2)3-7-21-10-12-23(13-11-21)19(24)17-4-8-22(9-5-17)20(25)18-6-14-26-15-18/h6,14-17H,3-5,7-13H2,1-2H3. The van der Waals surface area contributed by atoms with Gasteiger partial charge in [0.15, 0.2) is 0 Å². The van der Waals surface area contributed by atoms with E-state index in [0.717, 1.165) is 51.5 Å². The van der Waals surface area contributed by atoms with Crippen molar-refractivity contribution in [3.8, 4) is 0 Å². The molecular weight excluding hydrogens is 330 g/mol. The molecular formula is C20H31N3O3. The number of carbonyl (C=O) groups excluding carboxylic acids is 2. The smallest absolute Gasteiger partial charge is 0.257 e. The quantitative estimate of drug-likeness (QED) is 0.808. The molecule has 144 valence electrons. The third kappa shape index (κ3) is 4.67. The Balaban J connectivity index is 1.42. The van der Waals surface area contributed by atoms with Crippen molar-refractivity contribution in [2.24, 2.45) is 11.8 Å². The number of furan rings is 1. The van der Waals surface area contributed by atoms with Crippen molar-refractivity contribution in [3.63, 3.8) is 0 Å². The molecule has 0 unspecified atom stereocenters. The molecule has 26 heavy (non-hydrogen) atoms. The number of piperidine rings is 1. The molecule has 3 heterocycles. The van der Waals surface area contributed by atoms with Crippen LogP contribution in [0.25, 0.3) is 0 Å². The van der Waals surface area contributed by atoms with Crippen LogP contribution in [0.3, 0.4) is 0 Å². The average Bonchev–Trinajstić information content (AvgIpc) is 3.20. The van der Waals surface area contributed by atoms with Crippen LogP contribution in [0, 0.1) is 11.8 Å². The molecule has 2 fully saturated rings. The predicted molar refractivity (Wildman–Crippen MR) is 99.8 cm³/mol. The Morgan fingerprint density at radius 1 is 1.08 bits per heavy atom. The van der Waals surface area contributed by atoms with E-state index in [2.05, 4.69) is 18.7 Å². The maximum absolute atomic E-state index is 12.8. The molecule has 0 radical (unpaired) electrons. The Hall–Kier alpha value is -1.82. The number of amides is 2. The molecule has 0 aromatic carbocycles. The first kappa shape index (κ1) is 19.0. The lowest BCUT2D eigenvalue weighted by molar-refractivity contribution is -0.138. The Morgan fingerprint density at radius 3 is 2.35 bits per heavy atom. The van der Waals surface area contributed by atoms with Gasteiger partial charge in [0.05, 0.1) is 11.8 Å². The second-order valence-corrected chi connectivity index (χ2v) is 7.93. The average molecular weight is 361 g/mol. The van der Waals surface area contributed by atoms with Gasteiger partial charge in [0.1, 0.15) is 6.26 Å². The summed E-state index contributed by atoms with van der Waals surface area (Å²) in [5.74, 6) is 1.07. The van der Waals surface area contributed by atoms with Gasteiger partial charge >= 0.3 is 0 Å². The van der Waals surface area contributed by atoms with Crippen LogP contribution in [0.1, 0.15) is 43.5 Å². The van der Waals surface area contributed by atoms with E-state index in [1.54, 1.807) is 6.07 Å². The van der Waals surface area contributed by atoms with Crippen molar-refractivity contribution in [1.82, 2.24) is 14.7 Å². The molecule has 2 aliphatic heterocycles. The van der Waals surface area contributed by atoms with Crippen LogP contribution in [0.2, 0.25) is 0 Å². The van der Waals surface area contributed by atoms with E-state index in [9.17, 15) is 9.59 Å². The summed E-state index contributed by atoms with van der Waals surface area (Å²) < 4.78 is 4.99. The number of piperazine rings is 1. The van der Waals surface area contributed by atoms with E-state index in [1.807, 2.05) is 9.80 Å². The largest absolute Gasteiger partial charge is 0.472 e. The summed E-state index contributed by atoms with van der Waals surface area (Å²) in [5.41, 5.74) is 0.590. The molecule has 0 aliphatic carbocycles. The summed E-state index contributed by atoms with van der Waals surface area (Å²) in [6.45, 7) is 10.6. The Kier molecular flexibility index (Phi) is 6.35. The predicted octanol–water partition coefficient (Wildman–Crippen LogP) is 2.32. The number of hydrogen-bond donors (Lipinski definition) is 0. The number of hydrogen-bond acceptors (Lipinski definition) is 4. The van der Waals surface area contributed by atoms with Gasteiger partial charge in [-0.15, -0.1) is 0 Å². The van der Waals surface area contributed by atoms with Crippen molar-refractivity contribution in [2.45, 2.75) is 33.1 Å². The van der Waals surface area contributed by atoms with Gasteiger partial charge in [-0.3, -0.25) is 14.5 Å². The van der Waals surface area contributed by atoms with Crippen molar-refractivity contribution >= 4 is 11.8 Å². The molecule has 3 rings (SSSR count). The van der Waals surface area contributed by atoms with Crippen LogP contribution < -0.4 is 0 Å². The highest BCUT2D eigenvalue weighted by molar-refractivity contribution is 5.94. The minimum Gasteiger partial charge on any atom is -0.472 e. The summed E-state index contributed by atoms with van der Waals surface area (Å²) in [6, 6.07) is 1.69. The first-order valence-electron chi connectivity index (χ1n) is 9.87. The van der Waals surface area contributed by atoms with Crippen molar-refractivity contribution < 1.29 is 14.0 Å². The van der Waals surface area contributed by atoms with E-state index >= 15 is 0 Å². The van der Waals surface area contributed by atoms with E-state index < -0.39 is 0 Å². The monoisotopic (exact) mass is 361 g/mol. The molecule has 2 saturated heterocycles. The van der Waals surface area contributed by atoms with E-state index in [0.29, 0.717) is 18.7 Å². The summed E-state index contributed by atoms with van der Waals surface area (Å²) in [4.78, 5) is 31.5. The lowest BCUT2D eigenvalue weighted by Crippen LogP contribution is -2.52. The molecule has 2 aliphatic rings. The number of carbonyl (C=O) groups is 2. The normalized spacial score (nSPS) is 20.0. The Labute approximate surface area is 156 Å². The maximum atomic E-state index is 12.8. The molecule has 1 aromatic heterocycles. The van der Waals surface area contributed by atoms with E-state index in [-0.39, 0.29) is 17.7 Å². The zero-order valence-electron chi connectivity index (χ0n) is 16.0. The summed E-state index contributed by atoms with van der Waals surface area (Å²) in [6.07, 6.45) is 5.74. The third-order valence-corrected chi connectivity index (χ3v) is 5.61. The molecule has 0 N–H and O–H groups in total. The van der Waals surface area contributed by atoms with Crippen LogP contribution >= 0.6 is 0 Å². The molecule has 0 saturated carbocycles. The van der Waals surface area contributed by atoms with Gasteiger partial charge in [-0.1, -0.05) is 13.8 Å². The topological polar surface area (TPSA) is 57.0 Å². The third-order valence-electron chi connectivity index (χ3n) is 5.61. The lowest BCUT2D eigenvalue weighted by atomic mass is 9.94. The van der Waals surface area contributed by atoms with Crippen molar-refractivity contribution in [1.29, 1.82) is 0 Å². The van der Waals surface area contributed by atoms with Gasteiger partial charge in [-0.25, -0.2) is 0 Å². The minimum absolute atomic E-state index is 0.00316. The first-order valence-corrected chi connectivity index (χ1v) is 9.87. The minimum atomic E-state index is 0.00316. The summed E-state index contributed by atoms with van der Waals surface area (Å²) in [5, 5.41) is 0. The second kappa shape index (κ2) is 8.71. The van der Waals surface area contributed by atoms with Crippen molar-refractivity contribution in [2.75, 3.05) is 45.8 Å². The van der Waals surface area contributed by atoms with Gasteiger partial charge in [-0.05, 0) is 37.8 Å². The zero-order chi connectivity index (χ0) is 18.5. The van der Waals surface area contributed by atoms with Gasteiger partial charge in [0, 0.05) is 45.2 Å². The van der Waals surface area contributed by atoms with Gasteiger partial charge < -0.3 is 14.2 Å². The zero-order valence-corrected chi connectivity index (χ0v) is 16.0. The fourth-order valence-corrected chi connectivity index (χ4v) is 3.79. The fraction of sp³-hybridized carbons (Fsp3) is 0.700. The maximum Gasteiger partial charge on any atom is 0.257 e. The highest BCUT2D eigenvalue weighted by Gasteiger charge is 2.32. The van der Waals surface area contributed by atoms with Gasteiger partial charge in [0.2, 0.25) is 5.91 Å². The number of rotatable bonds is 5. The SMILES string of the molecule is CC(C)CCN1CCN(C(=O)C2CCN(C(=O)c3ccoc3)CC2)CC1. The first-order chi connectivity index (χ1) is 12.5. The van der Waals surface area contributed by atoms with Crippen LogP contribution in [0.15, 0.2) is 23.0 Å². The van der Waals surface area contributed by atoms with Crippen LogP contribution in [0.4, 0.5) is 0 Å². The Bertz CT molecular complexity index is 583. The molecule has 0 atom stereocenters. The molecule has 0 bridgehead atoms. The summed E-state index contributed by atoms with van der Waals surface area (Å²) >= 11 is 0. The lowest BCUT2D eigenvalue weighted by Gasteiger charge is -2.38. The highest BCUT2D eigenvalue weighted by atomic mass is 16.3. The highest BCUT2D eigenvalue weighted by Crippen LogP contribution is 2.22. The van der Waals surface area contributed by atoms with Gasteiger partial charge in [-0.2, -0.15) is 0 Å². The fourth-order valence-electron chi connectivity index (χ4n) is 3.79. The number of likely N-dealkylation sites (tertiary alicyclic amines) is 1. The Morgan fingerprint density at radius 2 is 1.77 bits per heavy atom. The van der Waals surface area contributed by atoms with Crippen LogP contribution in [-0.4, -0.2) is 72.3 Å². The van der Waals surface area contributed by atoms with E-state index in [4.69, 9.17) is 4.42 Å². The molecule has 1 aromatic rings. The van der Waals surface area contributed by atoms with Crippen LogP contribution in [0.5, 0.6) is 0 Å². The molecule has 2 amide bonds. The molecule has 6 nitrogen and oxygen atoms in total. The van der Waals surface area contributed by atoms with Gasteiger partial charge in [0.25, 0.3) is 5.91 Å². The molecule has 6 heteroatoms.